The second kappa shape index (κ2) is 5.55. The maximum atomic E-state index is 12.1. The first-order chi connectivity index (χ1) is 10.1. The highest BCUT2D eigenvalue weighted by molar-refractivity contribution is 5.87. The molecule has 1 aliphatic rings. The number of fused-ring (bicyclic) bond motifs is 1. The summed E-state index contributed by atoms with van der Waals surface area (Å²) in [4.78, 5) is 23.0. The molecule has 21 heavy (non-hydrogen) atoms. The van der Waals surface area contributed by atoms with Crippen molar-refractivity contribution in [1.82, 2.24) is 15.5 Å². The van der Waals surface area contributed by atoms with Crippen molar-refractivity contribution in [2.24, 2.45) is 5.92 Å². The highest BCUT2D eigenvalue weighted by Crippen LogP contribution is 2.25. The molecule has 110 valence electrons. The summed E-state index contributed by atoms with van der Waals surface area (Å²) in [6.07, 6.45) is 2.11. The van der Waals surface area contributed by atoms with Crippen LogP contribution in [0.25, 0.3) is 10.9 Å². The van der Waals surface area contributed by atoms with Gasteiger partial charge in [0.05, 0.1) is 23.5 Å². The molecule has 3 N–H and O–H groups in total. The number of amides is 1. The smallest absolute Gasteiger partial charge is 0.306 e. The fraction of sp³-hybridized carbons (Fsp3) is 0.400. The van der Waals surface area contributed by atoms with Gasteiger partial charge < -0.3 is 10.4 Å². The molecule has 1 saturated carbocycles. The van der Waals surface area contributed by atoms with Crippen LogP contribution in [-0.2, 0) is 16.0 Å². The normalized spacial score (nSPS) is 21.5. The van der Waals surface area contributed by atoms with E-state index in [0.29, 0.717) is 12.8 Å². The Balaban J connectivity index is 1.61. The number of carboxylic acid groups (broad SMARTS) is 1. The van der Waals surface area contributed by atoms with Crippen molar-refractivity contribution < 1.29 is 14.7 Å². The first-order valence-corrected chi connectivity index (χ1v) is 7.07. The maximum Gasteiger partial charge on any atom is 0.306 e. The summed E-state index contributed by atoms with van der Waals surface area (Å²) in [6, 6.07) is 7.59. The number of carbonyl (C=O) groups is 2. The minimum atomic E-state index is -0.772. The number of hydrogen-bond donors (Lipinski definition) is 3. The van der Waals surface area contributed by atoms with Gasteiger partial charge in [0, 0.05) is 11.4 Å². The topological polar surface area (TPSA) is 95.1 Å². The molecule has 1 fully saturated rings. The van der Waals surface area contributed by atoms with E-state index in [2.05, 4.69) is 15.5 Å². The Morgan fingerprint density at radius 1 is 1.33 bits per heavy atom. The zero-order valence-electron chi connectivity index (χ0n) is 11.5. The Kier molecular flexibility index (Phi) is 3.60. The Bertz CT molecular complexity index is 680. The summed E-state index contributed by atoms with van der Waals surface area (Å²) in [5.41, 5.74) is 1.63. The van der Waals surface area contributed by atoms with E-state index in [1.165, 1.54) is 0 Å². The number of aromatic amines is 1. The Morgan fingerprint density at radius 2 is 2.14 bits per heavy atom. The molecule has 0 saturated heterocycles. The predicted molar refractivity (Wildman–Crippen MR) is 76.7 cm³/mol. The second-order valence-electron chi connectivity index (χ2n) is 5.51. The molecule has 1 aromatic heterocycles. The van der Waals surface area contributed by atoms with Crippen molar-refractivity contribution >= 4 is 22.8 Å². The van der Waals surface area contributed by atoms with Crippen LogP contribution in [0.2, 0.25) is 0 Å². The van der Waals surface area contributed by atoms with E-state index in [9.17, 15) is 9.59 Å². The van der Waals surface area contributed by atoms with Crippen molar-refractivity contribution in [3.63, 3.8) is 0 Å². The fourth-order valence-electron chi connectivity index (χ4n) is 2.93. The Labute approximate surface area is 121 Å². The van der Waals surface area contributed by atoms with Crippen LogP contribution in [0.15, 0.2) is 24.3 Å². The molecular formula is C15H17N3O3. The van der Waals surface area contributed by atoms with Gasteiger partial charge in [-0.15, -0.1) is 0 Å². The number of aromatic nitrogens is 2. The number of benzene rings is 1. The van der Waals surface area contributed by atoms with Crippen molar-refractivity contribution in [2.75, 3.05) is 0 Å². The molecule has 0 radical (unpaired) electrons. The van der Waals surface area contributed by atoms with Crippen LogP contribution in [0.4, 0.5) is 0 Å². The number of para-hydroxylation sites is 1. The number of H-pyrrole nitrogens is 1. The van der Waals surface area contributed by atoms with Gasteiger partial charge in [0.1, 0.15) is 0 Å². The molecule has 3 rings (SSSR count). The average molecular weight is 287 g/mol. The van der Waals surface area contributed by atoms with Crippen LogP contribution in [0, 0.1) is 5.92 Å². The van der Waals surface area contributed by atoms with Crippen LogP contribution >= 0.6 is 0 Å². The van der Waals surface area contributed by atoms with E-state index >= 15 is 0 Å². The van der Waals surface area contributed by atoms with Crippen molar-refractivity contribution in [1.29, 1.82) is 0 Å². The summed E-state index contributed by atoms with van der Waals surface area (Å²) in [6.45, 7) is 0. The molecule has 0 aliphatic heterocycles. The van der Waals surface area contributed by atoms with Gasteiger partial charge in [-0.2, -0.15) is 5.10 Å². The first-order valence-electron chi connectivity index (χ1n) is 7.07. The summed E-state index contributed by atoms with van der Waals surface area (Å²) in [7, 11) is 0. The number of nitrogens with one attached hydrogen (secondary N) is 2. The minimum Gasteiger partial charge on any atom is -0.481 e. The molecule has 1 aliphatic carbocycles. The van der Waals surface area contributed by atoms with E-state index < -0.39 is 5.97 Å². The number of nitrogens with zero attached hydrogens (tertiary/aromatic N) is 1. The van der Waals surface area contributed by atoms with Gasteiger partial charge in [-0.1, -0.05) is 18.2 Å². The summed E-state index contributed by atoms with van der Waals surface area (Å²) >= 11 is 0. The van der Waals surface area contributed by atoms with E-state index in [1.54, 1.807) is 0 Å². The standard InChI is InChI=1S/C15H17N3O3/c19-14(16-10-6-5-9(7-10)15(20)21)8-13-11-3-1-2-4-12(11)17-18-13/h1-4,9-10H,5-8H2,(H,16,19)(H,17,18)(H,20,21)/t9-,10+/m1/s1. The van der Waals surface area contributed by atoms with Gasteiger partial charge in [-0.05, 0) is 25.3 Å². The quantitative estimate of drug-likeness (QED) is 0.793. The van der Waals surface area contributed by atoms with E-state index in [-0.39, 0.29) is 24.3 Å². The summed E-state index contributed by atoms with van der Waals surface area (Å²) in [5, 5.41) is 19.9. The lowest BCUT2D eigenvalue weighted by Gasteiger charge is -2.12. The molecular weight excluding hydrogens is 270 g/mol. The lowest BCUT2D eigenvalue weighted by Crippen LogP contribution is -2.34. The van der Waals surface area contributed by atoms with Gasteiger partial charge >= 0.3 is 5.97 Å². The summed E-state index contributed by atoms with van der Waals surface area (Å²) in [5.74, 6) is -1.20. The average Bonchev–Trinajstić information content (AvgIpc) is 3.07. The number of carbonyl (C=O) groups excluding carboxylic acids is 1. The van der Waals surface area contributed by atoms with Gasteiger partial charge in [0.15, 0.2) is 0 Å². The van der Waals surface area contributed by atoms with Gasteiger partial charge in [0.25, 0.3) is 0 Å². The monoisotopic (exact) mass is 287 g/mol. The summed E-state index contributed by atoms with van der Waals surface area (Å²) < 4.78 is 0. The molecule has 2 aromatic rings. The van der Waals surface area contributed by atoms with E-state index in [4.69, 9.17) is 5.11 Å². The molecule has 6 heteroatoms. The second-order valence-corrected chi connectivity index (χ2v) is 5.51. The van der Waals surface area contributed by atoms with Crippen LogP contribution in [0.1, 0.15) is 25.0 Å². The van der Waals surface area contributed by atoms with Crippen LogP contribution in [0.3, 0.4) is 0 Å². The third kappa shape index (κ3) is 2.89. The first kappa shape index (κ1) is 13.6. The largest absolute Gasteiger partial charge is 0.481 e. The molecule has 6 nitrogen and oxygen atoms in total. The molecule has 0 bridgehead atoms. The molecule has 1 aromatic carbocycles. The zero-order valence-corrected chi connectivity index (χ0v) is 11.5. The predicted octanol–water partition coefficient (Wildman–Crippen LogP) is 1.47. The van der Waals surface area contributed by atoms with Crippen molar-refractivity contribution in [2.45, 2.75) is 31.7 Å². The number of aliphatic carboxylic acids is 1. The Hall–Kier alpha value is -2.37. The number of carboxylic acids is 1. The number of hydrogen-bond acceptors (Lipinski definition) is 3. The van der Waals surface area contributed by atoms with E-state index in [1.807, 2.05) is 24.3 Å². The Morgan fingerprint density at radius 3 is 2.90 bits per heavy atom. The van der Waals surface area contributed by atoms with Gasteiger partial charge in [0.2, 0.25) is 5.91 Å². The number of rotatable bonds is 4. The fourth-order valence-corrected chi connectivity index (χ4v) is 2.93. The van der Waals surface area contributed by atoms with Gasteiger partial charge in [-0.3, -0.25) is 14.7 Å². The molecule has 2 atom stereocenters. The SMILES string of the molecule is O=C(Cc1[nH]nc2ccccc12)N[C@H]1CC[C@@H](C(=O)O)C1. The van der Waals surface area contributed by atoms with E-state index in [0.717, 1.165) is 23.0 Å². The zero-order chi connectivity index (χ0) is 14.8. The van der Waals surface area contributed by atoms with Crippen molar-refractivity contribution in [3.05, 3.63) is 30.0 Å². The highest BCUT2D eigenvalue weighted by atomic mass is 16.4. The highest BCUT2D eigenvalue weighted by Gasteiger charge is 2.30. The molecule has 0 spiro atoms. The van der Waals surface area contributed by atoms with Crippen molar-refractivity contribution in [3.8, 4) is 0 Å². The van der Waals surface area contributed by atoms with Crippen LogP contribution in [0.5, 0.6) is 0 Å². The van der Waals surface area contributed by atoms with Crippen LogP contribution < -0.4 is 5.32 Å². The minimum absolute atomic E-state index is 0.0345. The maximum absolute atomic E-state index is 12.1. The molecule has 1 heterocycles. The molecule has 0 unspecified atom stereocenters. The van der Waals surface area contributed by atoms with Gasteiger partial charge in [-0.25, -0.2) is 0 Å². The van der Waals surface area contributed by atoms with Crippen LogP contribution in [-0.4, -0.2) is 33.2 Å². The third-order valence-corrected chi connectivity index (χ3v) is 4.02. The third-order valence-electron chi connectivity index (χ3n) is 4.02. The molecule has 1 amide bonds. The lowest BCUT2D eigenvalue weighted by atomic mass is 10.1. The lowest BCUT2D eigenvalue weighted by molar-refractivity contribution is -0.141.